The van der Waals surface area contributed by atoms with Crippen molar-refractivity contribution in [2.75, 3.05) is 16.8 Å². The molecule has 2 heterocycles. The Bertz CT molecular complexity index is 1600. The van der Waals surface area contributed by atoms with E-state index in [0.717, 1.165) is 10.5 Å². The summed E-state index contributed by atoms with van der Waals surface area (Å²) in [5.74, 6) is -0.731. The van der Waals surface area contributed by atoms with Crippen LogP contribution < -0.4 is 20.3 Å². The summed E-state index contributed by atoms with van der Waals surface area (Å²) < 4.78 is 5.44. The smallest absolute Gasteiger partial charge is 0.272 e. The first kappa shape index (κ1) is 28.8. The van der Waals surface area contributed by atoms with Gasteiger partial charge in [-0.25, -0.2) is 4.90 Å². The van der Waals surface area contributed by atoms with Crippen LogP contribution in [-0.2, 0) is 14.4 Å². The first-order valence-corrected chi connectivity index (χ1v) is 15.0. The fourth-order valence-electron chi connectivity index (χ4n) is 4.27. The molecule has 0 spiro atoms. The number of benzene rings is 3. The fraction of sp³-hybridized carbons (Fsp3) is 0.125. The summed E-state index contributed by atoms with van der Waals surface area (Å²) in [6.45, 7) is 2.41. The average molecular weight is 598 g/mol. The van der Waals surface area contributed by atoms with Gasteiger partial charge in [-0.3, -0.25) is 19.2 Å². The summed E-state index contributed by atoms with van der Waals surface area (Å²) >= 11 is 2.78. The fourth-order valence-corrected chi connectivity index (χ4v) is 5.94. The van der Waals surface area contributed by atoms with E-state index in [1.807, 2.05) is 29.8 Å². The first-order valence-electron chi connectivity index (χ1n) is 13.2. The van der Waals surface area contributed by atoms with Gasteiger partial charge in [-0.05, 0) is 96.1 Å². The van der Waals surface area contributed by atoms with Gasteiger partial charge in [0.1, 0.15) is 11.4 Å². The molecule has 2 N–H and O–H groups in total. The van der Waals surface area contributed by atoms with E-state index in [-0.39, 0.29) is 23.9 Å². The summed E-state index contributed by atoms with van der Waals surface area (Å²) in [5.41, 5.74) is 2.36. The molecule has 0 aliphatic carbocycles. The SMILES string of the molecule is CCOc1ccc(N2C(=O)CC(Sc3ccc(NC(=O)/C(=C/c4ccsc4)NC(=O)c4ccccc4)cc3)C2=O)cc1. The number of anilines is 2. The Morgan fingerprint density at radius 2 is 1.74 bits per heavy atom. The minimum absolute atomic E-state index is 0.0903. The highest BCUT2D eigenvalue weighted by molar-refractivity contribution is 8.00. The summed E-state index contributed by atoms with van der Waals surface area (Å²) in [6, 6.07) is 24.4. The van der Waals surface area contributed by atoms with E-state index in [1.165, 1.54) is 28.0 Å². The molecular weight excluding hydrogens is 571 g/mol. The van der Waals surface area contributed by atoms with Gasteiger partial charge in [0.2, 0.25) is 11.8 Å². The number of hydrogen-bond acceptors (Lipinski definition) is 7. The summed E-state index contributed by atoms with van der Waals surface area (Å²) in [7, 11) is 0. The molecule has 8 nitrogen and oxygen atoms in total. The lowest BCUT2D eigenvalue weighted by Gasteiger charge is -2.15. The zero-order valence-corrected chi connectivity index (χ0v) is 24.2. The molecule has 4 aromatic rings. The summed E-state index contributed by atoms with van der Waals surface area (Å²) in [5, 5.41) is 8.74. The highest BCUT2D eigenvalue weighted by Crippen LogP contribution is 2.35. The third-order valence-electron chi connectivity index (χ3n) is 6.28. The van der Waals surface area contributed by atoms with Crippen molar-refractivity contribution in [3.05, 3.63) is 113 Å². The molecule has 42 heavy (non-hydrogen) atoms. The molecule has 1 saturated heterocycles. The normalized spacial score (nSPS) is 15.0. The zero-order chi connectivity index (χ0) is 29.5. The Morgan fingerprint density at radius 1 is 1.00 bits per heavy atom. The lowest BCUT2D eigenvalue weighted by Crippen LogP contribution is -2.31. The van der Waals surface area contributed by atoms with Crippen molar-refractivity contribution in [2.24, 2.45) is 0 Å². The van der Waals surface area contributed by atoms with Gasteiger partial charge < -0.3 is 15.4 Å². The van der Waals surface area contributed by atoms with Gasteiger partial charge in [-0.1, -0.05) is 18.2 Å². The second kappa shape index (κ2) is 13.3. The van der Waals surface area contributed by atoms with E-state index in [1.54, 1.807) is 78.9 Å². The molecule has 212 valence electrons. The maximum absolute atomic E-state index is 13.2. The van der Waals surface area contributed by atoms with Gasteiger partial charge in [-0.15, -0.1) is 11.8 Å². The quantitative estimate of drug-likeness (QED) is 0.172. The number of thiophene rings is 1. The Morgan fingerprint density at radius 3 is 2.40 bits per heavy atom. The Hall–Kier alpha value is -4.67. The van der Waals surface area contributed by atoms with Crippen molar-refractivity contribution < 1.29 is 23.9 Å². The number of thioether (sulfide) groups is 1. The molecule has 0 bridgehead atoms. The molecule has 4 amide bonds. The molecule has 1 unspecified atom stereocenters. The third kappa shape index (κ3) is 6.96. The molecule has 1 aliphatic rings. The highest BCUT2D eigenvalue weighted by Gasteiger charge is 2.40. The van der Waals surface area contributed by atoms with Gasteiger partial charge in [0.15, 0.2) is 0 Å². The number of carbonyl (C=O) groups is 4. The van der Waals surface area contributed by atoms with Crippen molar-refractivity contribution >= 4 is 64.2 Å². The van der Waals surface area contributed by atoms with Gasteiger partial charge in [0.25, 0.3) is 11.8 Å². The number of imide groups is 1. The number of ether oxygens (including phenoxy) is 1. The second-order valence-electron chi connectivity index (χ2n) is 9.22. The van der Waals surface area contributed by atoms with Gasteiger partial charge in [0, 0.05) is 22.6 Å². The lowest BCUT2D eigenvalue weighted by atomic mass is 10.2. The Kier molecular flexibility index (Phi) is 9.15. The largest absolute Gasteiger partial charge is 0.494 e. The van der Waals surface area contributed by atoms with Crippen LogP contribution in [0.25, 0.3) is 6.08 Å². The first-order chi connectivity index (χ1) is 20.4. The molecule has 1 atom stereocenters. The number of amides is 4. The number of nitrogens with zero attached hydrogens (tertiary/aromatic N) is 1. The maximum atomic E-state index is 13.2. The van der Waals surface area contributed by atoms with E-state index in [0.29, 0.717) is 29.3 Å². The van der Waals surface area contributed by atoms with Crippen LogP contribution in [0.3, 0.4) is 0 Å². The van der Waals surface area contributed by atoms with E-state index in [9.17, 15) is 19.2 Å². The molecule has 5 rings (SSSR count). The van der Waals surface area contributed by atoms with Crippen molar-refractivity contribution in [1.82, 2.24) is 5.32 Å². The van der Waals surface area contributed by atoms with E-state index in [4.69, 9.17) is 4.74 Å². The van der Waals surface area contributed by atoms with Crippen LogP contribution in [0.15, 0.2) is 106 Å². The van der Waals surface area contributed by atoms with Crippen LogP contribution >= 0.6 is 23.1 Å². The van der Waals surface area contributed by atoms with Crippen molar-refractivity contribution in [3.8, 4) is 5.75 Å². The average Bonchev–Trinajstić information content (AvgIpc) is 3.61. The molecule has 1 aromatic heterocycles. The van der Waals surface area contributed by atoms with Crippen LogP contribution in [0, 0.1) is 0 Å². The van der Waals surface area contributed by atoms with E-state index < -0.39 is 17.1 Å². The number of rotatable bonds is 10. The zero-order valence-electron chi connectivity index (χ0n) is 22.6. The van der Waals surface area contributed by atoms with Gasteiger partial charge in [-0.2, -0.15) is 11.3 Å². The van der Waals surface area contributed by atoms with Gasteiger partial charge >= 0.3 is 0 Å². The number of carbonyl (C=O) groups excluding carboxylic acids is 4. The van der Waals surface area contributed by atoms with Crippen LogP contribution in [0.1, 0.15) is 29.3 Å². The summed E-state index contributed by atoms with van der Waals surface area (Å²) in [4.78, 5) is 53.7. The van der Waals surface area contributed by atoms with Crippen LogP contribution in [-0.4, -0.2) is 35.5 Å². The van der Waals surface area contributed by atoms with Crippen molar-refractivity contribution in [3.63, 3.8) is 0 Å². The molecule has 1 aliphatic heterocycles. The molecule has 0 radical (unpaired) electrons. The molecule has 0 saturated carbocycles. The number of hydrogen-bond donors (Lipinski definition) is 2. The Labute approximate surface area is 251 Å². The van der Waals surface area contributed by atoms with Crippen LogP contribution in [0.5, 0.6) is 5.75 Å². The van der Waals surface area contributed by atoms with Crippen LogP contribution in [0.2, 0.25) is 0 Å². The minimum atomic E-state index is -0.558. The molecule has 10 heteroatoms. The molecule has 3 aromatic carbocycles. The lowest BCUT2D eigenvalue weighted by molar-refractivity contribution is -0.121. The molecular formula is C32H27N3O5S2. The molecule has 1 fully saturated rings. The maximum Gasteiger partial charge on any atom is 0.272 e. The van der Waals surface area contributed by atoms with E-state index >= 15 is 0 Å². The monoisotopic (exact) mass is 597 g/mol. The number of nitrogens with one attached hydrogen (secondary N) is 2. The minimum Gasteiger partial charge on any atom is -0.494 e. The Balaban J connectivity index is 1.23. The standard InChI is InChI=1S/C32H27N3O5S2/c1-2-40-25-12-10-24(11-13-25)35-29(36)19-28(32(35)39)42-26-14-8-23(9-15-26)33-31(38)27(18-21-16-17-41-20-21)34-30(37)22-6-4-3-5-7-22/h3-18,20,28H,2,19H2,1H3,(H,33,38)(H,34,37)/b27-18-. The summed E-state index contributed by atoms with van der Waals surface area (Å²) in [6.07, 6.45) is 1.71. The van der Waals surface area contributed by atoms with Crippen molar-refractivity contribution in [2.45, 2.75) is 23.5 Å². The predicted octanol–water partition coefficient (Wildman–Crippen LogP) is 5.98. The highest BCUT2D eigenvalue weighted by atomic mass is 32.2. The van der Waals surface area contributed by atoms with Crippen molar-refractivity contribution in [1.29, 1.82) is 0 Å². The van der Waals surface area contributed by atoms with Gasteiger partial charge in [0.05, 0.1) is 17.5 Å². The predicted molar refractivity (Wildman–Crippen MR) is 166 cm³/mol. The van der Waals surface area contributed by atoms with E-state index in [2.05, 4.69) is 10.6 Å². The topological polar surface area (TPSA) is 105 Å². The van der Waals surface area contributed by atoms with Crippen LogP contribution in [0.4, 0.5) is 11.4 Å². The second-order valence-corrected chi connectivity index (χ2v) is 11.3. The third-order valence-corrected chi connectivity index (χ3v) is 8.18.